The molecule has 0 unspecified atom stereocenters. The summed E-state index contributed by atoms with van der Waals surface area (Å²) in [6.45, 7) is 9.04. The molecule has 1 atom stereocenters. The standard InChI is InChI=1S/C11H24N2/c1-4-5-6-7-10-8-12-9-11(2,3)13-10/h10,12-13H,4-9H2,1-3H3/t10-/m1/s1. The Balaban J connectivity index is 2.19. The first-order chi connectivity index (χ1) is 6.14. The van der Waals surface area contributed by atoms with Crippen LogP contribution < -0.4 is 10.6 Å². The van der Waals surface area contributed by atoms with Crippen LogP contribution in [-0.4, -0.2) is 24.7 Å². The van der Waals surface area contributed by atoms with Gasteiger partial charge in [-0.15, -0.1) is 0 Å². The molecular formula is C11H24N2. The van der Waals surface area contributed by atoms with Crippen LogP contribution in [0.3, 0.4) is 0 Å². The van der Waals surface area contributed by atoms with E-state index in [9.17, 15) is 0 Å². The Labute approximate surface area is 82.5 Å². The number of rotatable bonds is 4. The molecule has 2 nitrogen and oxygen atoms in total. The third-order valence-electron chi connectivity index (χ3n) is 2.71. The molecule has 2 N–H and O–H groups in total. The van der Waals surface area contributed by atoms with Crippen molar-refractivity contribution < 1.29 is 0 Å². The summed E-state index contributed by atoms with van der Waals surface area (Å²) < 4.78 is 0. The van der Waals surface area contributed by atoms with Gasteiger partial charge in [0.2, 0.25) is 0 Å². The summed E-state index contributed by atoms with van der Waals surface area (Å²) >= 11 is 0. The van der Waals surface area contributed by atoms with Crippen LogP contribution in [0.25, 0.3) is 0 Å². The zero-order valence-corrected chi connectivity index (χ0v) is 9.32. The van der Waals surface area contributed by atoms with Crippen molar-refractivity contribution >= 4 is 0 Å². The molecule has 0 radical (unpaired) electrons. The van der Waals surface area contributed by atoms with E-state index < -0.39 is 0 Å². The Hall–Kier alpha value is -0.0800. The van der Waals surface area contributed by atoms with Gasteiger partial charge in [0.1, 0.15) is 0 Å². The van der Waals surface area contributed by atoms with Crippen LogP contribution in [-0.2, 0) is 0 Å². The lowest BCUT2D eigenvalue weighted by atomic mass is 9.97. The van der Waals surface area contributed by atoms with E-state index in [1.807, 2.05) is 0 Å². The maximum absolute atomic E-state index is 3.69. The minimum Gasteiger partial charge on any atom is -0.313 e. The second-order valence-electron chi connectivity index (χ2n) is 4.85. The summed E-state index contributed by atoms with van der Waals surface area (Å²) in [6.07, 6.45) is 5.39. The predicted octanol–water partition coefficient (Wildman–Crippen LogP) is 1.91. The van der Waals surface area contributed by atoms with E-state index in [2.05, 4.69) is 31.4 Å². The molecule has 0 bridgehead atoms. The molecule has 0 saturated carbocycles. The molecule has 1 rings (SSSR count). The summed E-state index contributed by atoms with van der Waals surface area (Å²) in [5.74, 6) is 0. The SMILES string of the molecule is CCCCC[C@@H]1CNCC(C)(C)N1. The van der Waals surface area contributed by atoms with Gasteiger partial charge in [-0.05, 0) is 20.3 Å². The van der Waals surface area contributed by atoms with Crippen LogP contribution in [0.2, 0.25) is 0 Å². The van der Waals surface area contributed by atoms with Crippen molar-refractivity contribution in [1.29, 1.82) is 0 Å². The molecule has 0 aliphatic carbocycles. The second-order valence-corrected chi connectivity index (χ2v) is 4.85. The highest BCUT2D eigenvalue weighted by atomic mass is 15.1. The van der Waals surface area contributed by atoms with Crippen LogP contribution in [0.4, 0.5) is 0 Å². The lowest BCUT2D eigenvalue weighted by Crippen LogP contribution is -2.60. The van der Waals surface area contributed by atoms with E-state index >= 15 is 0 Å². The molecule has 78 valence electrons. The van der Waals surface area contributed by atoms with E-state index in [0.29, 0.717) is 6.04 Å². The molecular weight excluding hydrogens is 160 g/mol. The smallest absolute Gasteiger partial charge is 0.0252 e. The lowest BCUT2D eigenvalue weighted by Gasteiger charge is -2.37. The largest absolute Gasteiger partial charge is 0.313 e. The Kier molecular flexibility index (Phi) is 4.20. The highest BCUT2D eigenvalue weighted by Gasteiger charge is 2.25. The molecule has 0 aromatic heterocycles. The third kappa shape index (κ3) is 4.10. The van der Waals surface area contributed by atoms with Gasteiger partial charge in [-0.2, -0.15) is 0 Å². The van der Waals surface area contributed by atoms with Crippen molar-refractivity contribution in [3.05, 3.63) is 0 Å². The van der Waals surface area contributed by atoms with Gasteiger partial charge in [0.25, 0.3) is 0 Å². The molecule has 1 aliphatic heterocycles. The molecule has 1 aliphatic rings. The first-order valence-electron chi connectivity index (χ1n) is 5.62. The fourth-order valence-electron chi connectivity index (χ4n) is 2.03. The highest BCUT2D eigenvalue weighted by molar-refractivity contribution is 4.90. The van der Waals surface area contributed by atoms with Crippen molar-refractivity contribution in [2.75, 3.05) is 13.1 Å². The van der Waals surface area contributed by atoms with Gasteiger partial charge in [0.15, 0.2) is 0 Å². The van der Waals surface area contributed by atoms with Crippen LogP contribution in [0.5, 0.6) is 0 Å². The molecule has 0 aromatic rings. The second kappa shape index (κ2) is 4.97. The number of hydrogen-bond donors (Lipinski definition) is 2. The quantitative estimate of drug-likeness (QED) is 0.652. The van der Waals surface area contributed by atoms with Crippen LogP contribution in [0.1, 0.15) is 46.5 Å². The predicted molar refractivity (Wildman–Crippen MR) is 58.0 cm³/mol. The van der Waals surface area contributed by atoms with Crippen LogP contribution >= 0.6 is 0 Å². The topological polar surface area (TPSA) is 24.1 Å². The minimum atomic E-state index is 0.287. The first-order valence-corrected chi connectivity index (χ1v) is 5.62. The maximum Gasteiger partial charge on any atom is 0.0252 e. The highest BCUT2D eigenvalue weighted by Crippen LogP contribution is 2.11. The Morgan fingerprint density at radius 2 is 2.08 bits per heavy atom. The molecule has 0 amide bonds. The van der Waals surface area contributed by atoms with Crippen molar-refractivity contribution in [2.45, 2.75) is 58.0 Å². The third-order valence-corrected chi connectivity index (χ3v) is 2.71. The molecule has 0 spiro atoms. The van der Waals surface area contributed by atoms with E-state index in [1.54, 1.807) is 0 Å². The lowest BCUT2D eigenvalue weighted by molar-refractivity contribution is 0.250. The number of unbranched alkanes of at least 4 members (excludes halogenated alkanes) is 2. The van der Waals surface area contributed by atoms with Crippen molar-refractivity contribution in [1.82, 2.24) is 10.6 Å². The number of hydrogen-bond acceptors (Lipinski definition) is 2. The number of nitrogens with one attached hydrogen (secondary N) is 2. The summed E-state index contributed by atoms with van der Waals surface area (Å²) in [7, 11) is 0. The van der Waals surface area contributed by atoms with Gasteiger partial charge in [0, 0.05) is 24.7 Å². The van der Waals surface area contributed by atoms with Gasteiger partial charge >= 0.3 is 0 Å². The van der Waals surface area contributed by atoms with Gasteiger partial charge in [-0.25, -0.2) is 0 Å². The molecule has 1 saturated heterocycles. The van der Waals surface area contributed by atoms with E-state index in [4.69, 9.17) is 0 Å². The normalized spacial score (nSPS) is 27.5. The average Bonchev–Trinajstić information content (AvgIpc) is 2.03. The van der Waals surface area contributed by atoms with Crippen LogP contribution in [0, 0.1) is 0 Å². The fourth-order valence-corrected chi connectivity index (χ4v) is 2.03. The van der Waals surface area contributed by atoms with Crippen molar-refractivity contribution in [2.24, 2.45) is 0 Å². The molecule has 2 heteroatoms. The van der Waals surface area contributed by atoms with Crippen LogP contribution in [0.15, 0.2) is 0 Å². The summed E-state index contributed by atoms with van der Waals surface area (Å²) in [5, 5.41) is 7.18. The summed E-state index contributed by atoms with van der Waals surface area (Å²) in [6, 6.07) is 0.690. The van der Waals surface area contributed by atoms with Gasteiger partial charge in [-0.3, -0.25) is 0 Å². The molecule has 13 heavy (non-hydrogen) atoms. The van der Waals surface area contributed by atoms with E-state index in [0.717, 1.165) is 13.1 Å². The van der Waals surface area contributed by atoms with Gasteiger partial charge in [-0.1, -0.05) is 26.2 Å². The Morgan fingerprint density at radius 1 is 1.31 bits per heavy atom. The minimum absolute atomic E-state index is 0.287. The molecule has 0 aromatic carbocycles. The summed E-state index contributed by atoms with van der Waals surface area (Å²) in [4.78, 5) is 0. The van der Waals surface area contributed by atoms with Gasteiger partial charge in [0.05, 0.1) is 0 Å². The zero-order chi connectivity index (χ0) is 9.73. The molecule has 1 heterocycles. The first kappa shape index (κ1) is 11.0. The summed E-state index contributed by atoms with van der Waals surface area (Å²) in [5.41, 5.74) is 0.287. The Morgan fingerprint density at radius 3 is 2.69 bits per heavy atom. The zero-order valence-electron chi connectivity index (χ0n) is 9.32. The van der Waals surface area contributed by atoms with Crippen molar-refractivity contribution in [3.8, 4) is 0 Å². The van der Waals surface area contributed by atoms with E-state index in [1.165, 1.54) is 25.7 Å². The molecule has 1 fully saturated rings. The number of piperazine rings is 1. The maximum atomic E-state index is 3.69. The van der Waals surface area contributed by atoms with Gasteiger partial charge < -0.3 is 10.6 Å². The monoisotopic (exact) mass is 184 g/mol. The Bertz CT molecular complexity index is 143. The van der Waals surface area contributed by atoms with E-state index in [-0.39, 0.29) is 5.54 Å². The average molecular weight is 184 g/mol. The fraction of sp³-hybridized carbons (Fsp3) is 1.00. The van der Waals surface area contributed by atoms with Crippen molar-refractivity contribution in [3.63, 3.8) is 0 Å².